The average molecular weight is 258 g/mol. The van der Waals surface area contributed by atoms with E-state index in [1.54, 1.807) is 24.3 Å². The monoisotopic (exact) mass is 258 g/mol. The lowest BCUT2D eigenvalue weighted by atomic mass is 10.1. The minimum Gasteiger partial charge on any atom is -0.502 e. The minimum atomic E-state index is -0.627. The zero-order valence-electron chi connectivity index (χ0n) is 9.66. The molecule has 2 rings (SSSR count). The maximum Gasteiger partial charge on any atom is 0.293 e. The summed E-state index contributed by atoms with van der Waals surface area (Å²) in [7, 11) is 0. The summed E-state index contributed by atoms with van der Waals surface area (Å²) in [6.07, 6.45) is 1.07. The molecule has 0 atom stereocenters. The van der Waals surface area contributed by atoms with Gasteiger partial charge in [0.15, 0.2) is 11.6 Å². The molecule has 1 heterocycles. The molecule has 0 aliphatic carbocycles. The van der Waals surface area contributed by atoms with Crippen LogP contribution in [0.25, 0.3) is 11.4 Å². The molecular weight excluding hydrogens is 248 g/mol. The molecule has 0 unspecified atom stereocenters. The summed E-state index contributed by atoms with van der Waals surface area (Å²) in [5.74, 6) is -0.0766. The standard InChI is InChI=1S/C11H10N6O2/c12-9(16-17-13)6-2-1-3-7(4-6)10-14-5-8(18)11(19)15-10/h1-5,18H,(H3,12,13,16)(H,14,15,19). The molecule has 0 radical (unpaired) electrons. The Morgan fingerprint density at radius 2 is 2.26 bits per heavy atom. The molecule has 2 aromatic rings. The number of hydrogen-bond donors (Lipinski definition) is 4. The van der Waals surface area contributed by atoms with Crippen LogP contribution in [0.3, 0.4) is 0 Å². The van der Waals surface area contributed by atoms with Gasteiger partial charge in [-0.1, -0.05) is 23.4 Å². The van der Waals surface area contributed by atoms with Crippen molar-refractivity contribution in [2.24, 2.45) is 16.1 Å². The van der Waals surface area contributed by atoms with Crippen molar-refractivity contribution in [3.8, 4) is 17.1 Å². The van der Waals surface area contributed by atoms with Crippen molar-refractivity contribution in [3.05, 3.63) is 46.4 Å². The summed E-state index contributed by atoms with van der Waals surface area (Å²) in [6, 6.07) is 6.74. The topological polar surface area (TPSA) is 141 Å². The Kier molecular flexibility index (Phi) is 3.33. The van der Waals surface area contributed by atoms with E-state index in [9.17, 15) is 4.79 Å². The highest BCUT2D eigenvalue weighted by molar-refractivity contribution is 5.98. The predicted octanol–water partition coefficient (Wildman–Crippen LogP) is 0.794. The maximum absolute atomic E-state index is 11.3. The van der Waals surface area contributed by atoms with Crippen LogP contribution in [-0.2, 0) is 0 Å². The molecule has 0 bridgehead atoms. The van der Waals surface area contributed by atoms with Crippen LogP contribution < -0.4 is 11.3 Å². The molecule has 0 aliphatic heterocycles. The van der Waals surface area contributed by atoms with Gasteiger partial charge in [-0.05, 0) is 6.07 Å². The molecule has 19 heavy (non-hydrogen) atoms. The number of nitrogens with one attached hydrogen (secondary N) is 2. The normalized spacial score (nSPS) is 11.3. The van der Waals surface area contributed by atoms with Crippen LogP contribution in [0.15, 0.2) is 45.6 Å². The fraction of sp³-hybridized carbons (Fsp3) is 0. The Morgan fingerprint density at radius 1 is 1.47 bits per heavy atom. The highest BCUT2D eigenvalue weighted by Crippen LogP contribution is 2.15. The van der Waals surface area contributed by atoms with Gasteiger partial charge in [-0.2, -0.15) is 5.53 Å². The Bertz CT molecular complexity index is 706. The number of nitrogens with zero attached hydrogens (tertiary/aromatic N) is 3. The summed E-state index contributed by atoms with van der Waals surface area (Å²) >= 11 is 0. The van der Waals surface area contributed by atoms with Crippen LogP contribution in [-0.4, -0.2) is 20.9 Å². The third-order valence-corrected chi connectivity index (χ3v) is 2.37. The lowest BCUT2D eigenvalue weighted by Gasteiger charge is -2.03. The number of aromatic amines is 1. The summed E-state index contributed by atoms with van der Waals surface area (Å²) in [5.41, 5.74) is 12.7. The third kappa shape index (κ3) is 2.63. The summed E-state index contributed by atoms with van der Waals surface area (Å²) in [6.45, 7) is 0. The zero-order valence-corrected chi connectivity index (χ0v) is 9.66. The van der Waals surface area contributed by atoms with E-state index >= 15 is 0 Å². The van der Waals surface area contributed by atoms with Gasteiger partial charge in [0.2, 0.25) is 0 Å². The first kappa shape index (κ1) is 12.4. The van der Waals surface area contributed by atoms with Crippen LogP contribution in [0.4, 0.5) is 0 Å². The molecule has 5 N–H and O–H groups in total. The number of hydrogen-bond acceptors (Lipinski definition) is 5. The van der Waals surface area contributed by atoms with E-state index in [1.807, 2.05) is 0 Å². The smallest absolute Gasteiger partial charge is 0.293 e. The molecule has 1 aromatic heterocycles. The van der Waals surface area contributed by atoms with Gasteiger partial charge in [0.05, 0.1) is 6.20 Å². The Labute approximate surface area is 107 Å². The van der Waals surface area contributed by atoms with Gasteiger partial charge in [0.25, 0.3) is 5.56 Å². The Balaban J connectivity index is 2.48. The average Bonchev–Trinajstić information content (AvgIpc) is 2.42. The fourth-order valence-corrected chi connectivity index (χ4v) is 1.47. The molecule has 0 spiro atoms. The van der Waals surface area contributed by atoms with Crippen molar-refractivity contribution in [2.75, 3.05) is 0 Å². The van der Waals surface area contributed by atoms with Gasteiger partial charge < -0.3 is 15.8 Å². The molecule has 0 amide bonds. The fourth-order valence-electron chi connectivity index (χ4n) is 1.47. The van der Waals surface area contributed by atoms with Gasteiger partial charge in [0.1, 0.15) is 5.82 Å². The number of H-pyrrole nitrogens is 1. The molecule has 96 valence electrons. The lowest BCUT2D eigenvalue weighted by Crippen LogP contribution is -2.13. The van der Waals surface area contributed by atoms with Crippen LogP contribution in [0.5, 0.6) is 5.75 Å². The number of aromatic hydroxyl groups is 1. The third-order valence-electron chi connectivity index (χ3n) is 2.37. The maximum atomic E-state index is 11.3. The van der Waals surface area contributed by atoms with E-state index in [-0.39, 0.29) is 5.84 Å². The second kappa shape index (κ2) is 5.08. The second-order valence-corrected chi connectivity index (χ2v) is 3.61. The molecule has 0 saturated heterocycles. The van der Waals surface area contributed by atoms with Crippen LogP contribution >= 0.6 is 0 Å². The van der Waals surface area contributed by atoms with Crippen molar-refractivity contribution in [1.29, 1.82) is 5.53 Å². The van der Waals surface area contributed by atoms with E-state index in [4.69, 9.17) is 16.4 Å². The van der Waals surface area contributed by atoms with Gasteiger partial charge in [0, 0.05) is 11.1 Å². The number of nitrogens with two attached hydrogens (primary N) is 1. The van der Waals surface area contributed by atoms with Crippen molar-refractivity contribution in [2.45, 2.75) is 0 Å². The number of amidine groups is 1. The van der Waals surface area contributed by atoms with E-state index < -0.39 is 11.3 Å². The second-order valence-electron chi connectivity index (χ2n) is 3.61. The van der Waals surface area contributed by atoms with Crippen molar-refractivity contribution in [1.82, 2.24) is 9.97 Å². The quantitative estimate of drug-likeness (QED) is 0.279. The van der Waals surface area contributed by atoms with Gasteiger partial charge in [-0.25, -0.2) is 4.98 Å². The molecule has 0 fully saturated rings. The first-order chi connectivity index (χ1) is 9.11. The summed E-state index contributed by atoms with van der Waals surface area (Å²) in [5, 5.41) is 15.4. The van der Waals surface area contributed by atoms with Crippen molar-refractivity contribution in [3.63, 3.8) is 0 Å². The van der Waals surface area contributed by atoms with E-state index in [2.05, 4.69) is 20.3 Å². The SMILES string of the molecule is N=NN=C(N)c1cccc(-c2ncc(O)c(=O)[nH]2)c1. The van der Waals surface area contributed by atoms with E-state index in [1.165, 1.54) is 0 Å². The largest absolute Gasteiger partial charge is 0.502 e. The number of benzene rings is 1. The molecule has 8 nitrogen and oxygen atoms in total. The van der Waals surface area contributed by atoms with Gasteiger partial charge in [-0.3, -0.25) is 4.79 Å². The Hall–Kier alpha value is -3.03. The van der Waals surface area contributed by atoms with E-state index in [0.717, 1.165) is 6.20 Å². The lowest BCUT2D eigenvalue weighted by molar-refractivity contribution is 0.463. The van der Waals surface area contributed by atoms with E-state index in [0.29, 0.717) is 17.0 Å². The highest BCUT2D eigenvalue weighted by Gasteiger charge is 2.06. The first-order valence-corrected chi connectivity index (χ1v) is 5.21. The highest BCUT2D eigenvalue weighted by atomic mass is 16.3. The molecule has 1 aromatic carbocycles. The molecule has 8 heteroatoms. The van der Waals surface area contributed by atoms with Gasteiger partial charge in [-0.15, -0.1) is 5.10 Å². The van der Waals surface area contributed by atoms with Crippen LogP contribution in [0.2, 0.25) is 0 Å². The molecule has 0 saturated carbocycles. The predicted molar refractivity (Wildman–Crippen MR) is 67.8 cm³/mol. The molecule has 0 aliphatic rings. The molecular formula is C11H10N6O2. The van der Waals surface area contributed by atoms with Gasteiger partial charge >= 0.3 is 0 Å². The van der Waals surface area contributed by atoms with Crippen LogP contribution in [0.1, 0.15) is 5.56 Å². The van der Waals surface area contributed by atoms with Crippen molar-refractivity contribution >= 4 is 5.84 Å². The number of aromatic nitrogens is 2. The van der Waals surface area contributed by atoms with Crippen LogP contribution in [0, 0.1) is 5.53 Å². The first-order valence-electron chi connectivity index (χ1n) is 5.21. The summed E-state index contributed by atoms with van der Waals surface area (Å²) < 4.78 is 0. The van der Waals surface area contributed by atoms with Crippen molar-refractivity contribution < 1.29 is 5.11 Å². The number of rotatable bonds is 3. The minimum absolute atomic E-state index is 0.0815. The Morgan fingerprint density at radius 3 is 2.95 bits per heavy atom. The zero-order chi connectivity index (χ0) is 13.8. The summed E-state index contributed by atoms with van der Waals surface area (Å²) in [4.78, 5) is 17.6.